The van der Waals surface area contributed by atoms with Gasteiger partial charge in [0.25, 0.3) is 0 Å². The van der Waals surface area contributed by atoms with E-state index in [-0.39, 0.29) is 11.2 Å². The lowest BCUT2D eigenvalue weighted by Gasteiger charge is -2.42. The lowest BCUT2D eigenvalue weighted by atomic mass is 9.62. The van der Waals surface area contributed by atoms with Gasteiger partial charge < -0.3 is 15.6 Å². The molecule has 2 rings (SSSR count). The number of anilines is 1. The highest BCUT2D eigenvalue weighted by Crippen LogP contribution is 2.47. The summed E-state index contributed by atoms with van der Waals surface area (Å²) < 4.78 is 5.23. The summed E-state index contributed by atoms with van der Waals surface area (Å²) in [5.41, 5.74) is 6.76. The number of ether oxygens (including phenoxy) is 1. The van der Waals surface area contributed by atoms with Gasteiger partial charge in [-0.3, -0.25) is 5.32 Å². The second kappa shape index (κ2) is 6.16. The summed E-state index contributed by atoms with van der Waals surface area (Å²) in [6.07, 6.45) is 3.74. The van der Waals surface area contributed by atoms with E-state index in [9.17, 15) is 9.90 Å². The van der Waals surface area contributed by atoms with Crippen molar-refractivity contribution in [1.82, 2.24) is 0 Å². The first-order valence-electron chi connectivity index (χ1n) is 7.79. The van der Waals surface area contributed by atoms with Crippen LogP contribution < -0.4 is 11.1 Å². The molecular weight excluding hydrogens is 280 g/mol. The Kier molecular flexibility index (Phi) is 4.66. The van der Waals surface area contributed by atoms with Crippen molar-refractivity contribution in [3.05, 3.63) is 23.8 Å². The number of carbonyl (C=O) groups is 1. The van der Waals surface area contributed by atoms with E-state index >= 15 is 0 Å². The maximum Gasteiger partial charge on any atom is 0.412 e. The molecule has 1 fully saturated rings. The van der Waals surface area contributed by atoms with Crippen LogP contribution in [0.25, 0.3) is 0 Å². The van der Waals surface area contributed by atoms with Crippen molar-refractivity contribution in [2.75, 3.05) is 11.9 Å². The summed E-state index contributed by atoms with van der Waals surface area (Å²) in [6, 6.07) is 5.39. The number of aromatic hydroxyl groups is 1. The average Bonchev–Trinajstić information content (AvgIpc) is 2.34. The zero-order valence-electron chi connectivity index (χ0n) is 13.6. The lowest BCUT2D eigenvalue weighted by Crippen LogP contribution is -2.36. The molecule has 122 valence electrons. The SMILES string of the molecule is CC(C)(C)OC(=O)Nc1cc(C2(CCN)CCC2)ccc1O. The van der Waals surface area contributed by atoms with Gasteiger partial charge in [-0.1, -0.05) is 12.5 Å². The Balaban J connectivity index is 2.18. The van der Waals surface area contributed by atoms with Crippen LogP contribution in [-0.2, 0) is 10.2 Å². The molecule has 0 heterocycles. The molecule has 0 aromatic heterocycles. The summed E-state index contributed by atoms with van der Waals surface area (Å²) in [6.45, 7) is 6.03. The second-order valence-electron chi connectivity index (χ2n) is 7.03. The molecule has 22 heavy (non-hydrogen) atoms. The molecule has 0 bridgehead atoms. The van der Waals surface area contributed by atoms with Gasteiger partial charge in [0.05, 0.1) is 5.69 Å². The minimum atomic E-state index is -0.577. The first-order valence-corrected chi connectivity index (χ1v) is 7.79. The summed E-state index contributed by atoms with van der Waals surface area (Å²) >= 11 is 0. The molecule has 1 aliphatic carbocycles. The zero-order valence-corrected chi connectivity index (χ0v) is 13.6. The van der Waals surface area contributed by atoms with Crippen molar-refractivity contribution in [2.45, 2.75) is 57.5 Å². The number of carbonyl (C=O) groups excluding carboxylic acids is 1. The van der Waals surface area contributed by atoms with Gasteiger partial charge in [-0.2, -0.15) is 0 Å². The van der Waals surface area contributed by atoms with Crippen molar-refractivity contribution in [3.63, 3.8) is 0 Å². The molecule has 1 aliphatic rings. The summed E-state index contributed by atoms with van der Waals surface area (Å²) in [5.74, 6) is 0.0387. The molecule has 4 N–H and O–H groups in total. The number of rotatable bonds is 4. The van der Waals surface area contributed by atoms with Crippen LogP contribution in [0, 0.1) is 0 Å². The Morgan fingerprint density at radius 2 is 2.09 bits per heavy atom. The molecule has 0 spiro atoms. The van der Waals surface area contributed by atoms with Crippen molar-refractivity contribution in [3.8, 4) is 5.75 Å². The lowest BCUT2D eigenvalue weighted by molar-refractivity contribution is 0.0635. The first-order chi connectivity index (χ1) is 10.3. The van der Waals surface area contributed by atoms with Crippen LogP contribution in [0.2, 0.25) is 0 Å². The molecule has 1 aromatic carbocycles. The van der Waals surface area contributed by atoms with Crippen LogP contribution in [0.3, 0.4) is 0 Å². The van der Waals surface area contributed by atoms with Crippen molar-refractivity contribution < 1.29 is 14.6 Å². The van der Waals surface area contributed by atoms with Gasteiger partial charge in [0, 0.05) is 0 Å². The van der Waals surface area contributed by atoms with E-state index in [0.717, 1.165) is 24.8 Å². The van der Waals surface area contributed by atoms with Crippen LogP contribution in [0.5, 0.6) is 5.75 Å². The van der Waals surface area contributed by atoms with Gasteiger partial charge in [-0.15, -0.1) is 0 Å². The second-order valence-corrected chi connectivity index (χ2v) is 7.03. The summed E-state index contributed by atoms with van der Waals surface area (Å²) in [4.78, 5) is 11.9. The topological polar surface area (TPSA) is 84.6 Å². The maximum absolute atomic E-state index is 11.9. The average molecular weight is 306 g/mol. The molecule has 1 amide bonds. The van der Waals surface area contributed by atoms with Crippen LogP contribution in [0.1, 0.15) is 52.0 Å². The highest BCUT2D eigenvalue weighted by molar-refractivity contribution is 5.87. The molecular formula is C17H26N2O3. The number of nitrogens with one attached hydrogen (secondary N) is 1. The number of hydrogen-bond acceptors (Lipinski definition) is 4. The summed E-state index contributed by atoms with van der Waals surface area (Å²) in [5, 5.41) is 12.6. The van der Waals surface area contributed by atoms with Gasteiger partial charge in [-0.05, 0) is 69.7 Å². The number of hydrogen-bond donors (Lipinski definition) is 3. The van der Waals surface area contributed by atoms with Crippen molar-refractivity contribution in [1.29, 1.82) is 0 Å². The van der Waals surface area contributed by atoms with Crippen LogP contribution in [0.15, 0.2) is 18.2 Å². The Morgan fingerprint density at radius 1 is 1.41 bits per heavy atom. The van der Waals surface area contributed by atoms with E-state index in [2.05, 4.69) is 5.32 Å². The van der Waals surface area contributed by atoms with Crippen molar-refractivity contribution >= 4 is 11.8 Å². The normalized spacial score (nSPS) is 16.7. The Morgan fingerprint density at radius 3 is 2.59 bits per heavy atom. The van der Waals surface area contributed by atoms with Crippen LogP contribution >= 0.6 is 0 Å². The molecule has 1 aromatic rings. The fourth-order valence-corrected chi connectivity index (χ4v) is 2.94. The van der Waals surface area contributed by atoms with Gasteiger partial charge in [0.15, 0.2) is 0 Å². The van der Waals surface area contributed by atoms with Gasteiger partial charge in [0.1, 0.15) is 11.4 Å². The molecule has 0 atom stereocenters. The molecule has 5 heteroatoms. The first kappa shape index (κ1) is 16.6. The predicted molar refractivity (Wildman–Crippen MR) is 87.2 cm³/mol. The Bertz CT molecular complexity index is 545. The van der Waals surface area contributed by atoms with Gasteiger partial charge >= 0.3 is 6.09 Å². The number of amides is 1. The molecule has 1 saturated carbocycles. The number of nitrogens with two attached hydrogens (primary N) is 1. The largest absolute Gasteiger partial charge is 0.506 e. The number of benzene rings is 1. The maximum atomic E-state index is 11.9. The molecule has 5 nitrogen and oxygen atoms in total. The highest BCUT2D eigenvalue weighted by Gasteiger charge is 2.38. The third-order valence-electron chi connectivity index (χ3n) is 4.18. The monoisotopic (exact) mass is 306 g/mol. The van der Waals surface area contributed by atoms with Crippen LogP contribution in [0.4, 0.5) is 10.5 Å². The Labute approximate surface area is 131 Å². The van der Waals surface area contributed by atoms with Gasteiger partial charge in [0.2, 0.25) is 0 Å². The summed E-state index contributed by atoms with van der Waals surface area (Å²) in [7, 11) is 0. The predicted octanol–water partition coefficient (Wildman–Crippen LogP) is 3.51. The fraction of sp³-hybridized carbons (Fsp3) is 0.588. The van der Waals surface area contributed by atoms with E-state index in [1.807, 2.05) is 12.1 Å². The van der Waals surface area contributed by atoms with Gasteiger partial charge in [-0.25, -0.2) is 4.79 Å². The Hall–Kier alpha value is -1.75. The highest BCUT2D eigenvalue weighted by atomic mass is 16.6. The molecule has 0 saturated heterocycles. The minimum absolute atomic E-state index is 0.0387. The third-order valence-corrected chi connectivity index (χ3v) is 4.18. The molecule has 0 aliphatic heterocycles. The third kappa shape index (κ3) is 3.71. The fourth-order valence-electron chi connectivity index (χ4n) is 2.94. The zero-order chi connectivity index (χ0) is 16.4. The molecule has 0 radical (unpaired) electrons. The van der Waals surface area contributed by atoms with E-state index in [4.69, 9.17) is 10.5 Å². The van der Waals surface area contributed by atoms with E-state index in [1.54, 1.807) is 26.8 Å². The van der Waals surface area contributed by atoms with E-state index in [1.165, 1.54) is 6.42 Å². The standard InChI is InChI=1S/C17H26N2O3/c1-16(2,3)22-15(21)19-13-11-12(5-6-14(13)20)17(9-10-18)7-4-8-17/h5-6,11,20H,4,7-10,18H2,1-3H3,(H,19,21). The smallest absolute Gasteiger partial charge is 0.412 e. The number of phenolic OH excluding ortho intramolecular Hbond substituents is 1. The number of phenols is 1. The molecule has 0 unspecified atom stereocenters. The quantitative estimate of drug-likeness (QED) is 0.743. The van der Waals surface area contributed by atoms with E-state index in [0.29, 0.717) is 12.2 Å². The van der Waals surface area contributed by atoms with E-state index < -0.39 is 11.7 Å². The van der Waals surface area contributed by atoms with Crippen LogP contribution in [-0.4, -0.2) is 23.3 Å². The minimum Gasteiger partial charge on any atom is -0.506 e. The van der Waals surface area contributed by atoms with Crippen molar-refractivity contribution in [2.24, 2.45) is 5.73 Å².